The van der Waals surface area contributed by atoms with Crippen LogP contribution in [0.2, 0.25) is 0 Å². The van der Waals surface area contributed by atoms with Gasteiger partial charge in [-0.3, -0.25) is 4.79 Å². The minimum absolute atomic E-state index is 0.0542. The van der Waals surface area contributed by atoms with Crippen LogP contribution >= 0.6 is 0 Å². The molecule has 1 aliphatic rings. The van der Waals surface area contributed by atoms with Gasteiger partial charge >= 0.3 is 5.97 Å². The van der Waals surface area contributed by atoms with Crippen molar-refractivity contribution in [1.82, 2.24) is 0 Å². The monoisotopic (exact) mass is 289 g/mol. The zero-order valence-electron chi connectivity index (χ0n) is 13.2. The maximum Gasteiger partial charge on any atom is 0.338 e. The molecule has 1 amide bonds. The first kappa shape index (κ1) is 15.5. The second-order valence-electron chi connectivity index (χ2n) is 5.61. The minimum Gasteiger partial charge on any atom is -0.462 e. The number of carbonyl (C=O) groups is 2. The maximum atomic E-state index is 12.0. The van der Waals surface area contributed by atoms with Crippen molar-refractivity contribution in [3.05, 3.63) is 29.3 Å². The number of anilines is 1. The molecule has 0 aromatic heterocycles. The summed E-state index contributed by atoms with van der Waals surface area (Å²) in [6.07, 6.45) is 1.81. The Kier molecular flexibility index (Phi) is 4.66. The van der Waals surface area contributed by atoms with Crippen molar-refractivity contribution in [3.63, 3.8) is 0 Å². The van der Waals surface area contributed by atoms with Gasteiger partial charge in [-0.05, 0) is 49.4 Å². The summed E-state index contributed by atoms with van der Waals surface area (Å²) in [6, 6.07) is 5.71. The van der Waals surface area contributed by atoms with Crippen LogP contribution < -0.4 is 4.90 Å². The van der Waals surface area contributed by atoms with Gasteiger partial charge in [0.25, 0.3) is 0 Å². The number of hydrogen-bond acceptors (Lipinski definition) is 3. The number of nitrogens with zero attached hydrogens (tertiary/aromatic N) is 1. The highest BCUT2D eigenvalue weighted by atomic mass is 16.5. The second kappa shape index (κ2) is 6.29. The third-order valence-corrected chi connectivity index (χ3v) is 4.14. The van der Waals surface area contributed by atoms with Crippen molar-refractivity contribution >= 4 is 17.6 Å². The molecule has 0 unspecified atom stereocenters. The Morgan fingerprint density at radius 2 is 2.05 bits per heavy atom. The molecular weight excluding hydrogens is 266 g/mol. The molecule has 21 heavy (non-hydrogen) atoms. The van der Waals surface area contributed by atoms with Gasteiger partial charge in [-0.2, -0.15) is 0 Å². The van der Waals surface area contributed by atoms with E-state index in [2.05, 4.69) is 13.8 Å². The van der Waals surface area contributed by atoms with Crippen molar-refractivity contribution in [2.45, 2.75) is 46.6 Å². The normalized spacial score (nSPS) is 20.9. The molecule has 0 N–H and O–H groups in total. The van der Waals surface area contributed by atoms with E-state index in [4.69, 9.17) is 4.74 Å². The van der Waals surface area contributed by atoms with E-state index in [0.717, 1.165) is 24.1 Å². The molecule has 1 aromatic carbocycles. The lowest BCUT2D eigenvalue weighted by molar-refractivity contribution is -0.117. The lowest BCUT2D eigenvalue weighted by Crippen LogP contribution is -2.46. The van der Waals surface area contributed by atoms with Gasteiger partial charge in [0.05, 0.1) is 12.2 Å². The van der Waals surface area contributed by atoms with Gasteiger partial charge in [-0.1, -0.05) is 13.8 Å². The van der Waals surface area contributed by atoms with E-state index in [1.54, 1.807) is 19.9 Å². The summed E-state index contributed by atoms with van der Waals surface area (Å²) >= 11 is 0. The highest BCUT2D eigenvalue weighted by Crippen LogP contribution is 2.35. The lowest BCUT2D eigenvalue weighted by Gasteiger charge is -2.40. The molecule has 4 heteroatoms. The quantitative estimate of drug-likeness (QED) is 0.803. The molecule has 4 nitrogen and oxygen atoms in total. The number of benzene rings is 1. The van der Waals surface area contributed by atoms with Crippen LogP contribution in [-0.4, -0.2) is 24.5 Å². The number of esters is 1. The summed E-state index contributed by atoms with van der Waals surface area (Å²) in [4.78, 5) is 25.8. The molecule has 2 atom stereocenters. The van der Waals surface area contributed by atoms with E-state index in [-0.39, 0.29) is 17.9 Å². The standard InChI is InChI=1S/C17H23NO3/c1-5-15-11(3)9-14-10-13(17(20)21-6-2)7-8-16(14)18(15)12(4)19/h7-8,10-11,15H,5-6,9H2,1-4H3/t11-,15+/m1/s1. The summed E-state index contributed by atoms with van der Waals surface area (Å²) in [7, 11) is 0. The fraction of sp³-hybridized carbons (Fsp3) is 0.529. The van der Waals surface area contributed by atoms with E-state index in [1.165, 1.54) is 0 Å². The predicted molar refractivity (Wildman–Crippen MR) is 82.5 cm³/mol. The Bertz CT molecular complexity index is 553. The van der Waals surface area contributed by atoms with Crippen LogP contribution in [-0.2, 0) is 16.0 Å². The van der Waals surface area contributed by atoms with Crippen LogP contribution in [0.5, 0.6) is 0 Å². The van der Waals surface area contributed by atoms with E-state index in [9.17, 15) is 9.59 Å². The fourth-order valence-electron chi connectivity index (χ4n) is 3.23. The van der Waals surface area contributed by atoms with Gasteiger partial charge in [0.1, 0.15) is 0 Å². The Labute approximate surface area is 126 Å². The number of hydrogen-bond donors (Lipinski definition) is 0. The number of rotatable bonds is 3. The Hall–Kier alpha value is -1.84. The molecular formula is C17H23NO3. The smallest absolute Gasteiger partial charge is 0.338 e. The molecule has 0 aliphatic carbocycles. The third-order valence-electron chi connectivity index (χ3n) is 4.14. The molecule has 2 rings (SSSR count). The van der Waals surface area contributed by atoms with Crippen molar-refractivity contribution in [3.8, 4) is 0 Å². The highest BCUT2D eigenvalue weighted by Gasteiger charge is 2.33. The molecule has 0 bridgehead atoms. The third kappa shape index (κ3) is 2.94. The molecule has 1 heterocycles. The van der Waals surface area contributed by atoms with Crippen LogP contribution in [0.4, 0.5) is 5.69 Å². The number of fused-ring (bicyclic) bond motifs is 1. The molecule has 0 fully saturated rings. The summed E-state index contributed by atoms with van der Waals surface area (Å²) in [5, 5.41) is 0. The molecule has 1 aromatic rings. The Balaban J connectivity index is 2.42. The SMILES string of the molecule is CCOC(=O)c1ccc2c(c1)C[C@@H](C)[C@H](CC)N2C(C)=O. The topological polar surface area (TPSA) is 46.6 Å². The largest absolute Gasteiger partial charge is 0.462 e. The number of ether oxygens (including phenoxy) is 1. The highest BCUT2D eigenvalue weighted by molar-refractivity contribution is 5.95. The minimum atomic E-state index is -0.306. The Morgan fingerprint density at radius 1 is 1.33 bits per heavy atom. The summed E-state index contributed by atoms with van der Waals surface area (Å²) < 4.78 is 5.04. The molecule has 114 valence electrons. The van der Waals surface area contributed by atoms with E-state index in [0.29, 0.717) is 18.1 Å². The van der Waals surface area contributed by atoms with Gasteiger partial charge in [0, 0.05) is 18.7 Å². The fourth-order valence-corrected chi connectivity index (χ4v) is 3.23. The lowest BCUT2D eigenvalue weighted by atomic mass is 9.85. The zero-order chi connectivity index (χ0) is 15.6. The molecule has 0 spiro atoms. The van der Waals surface area contributed by atoms with E-state index in [1.807, 2.05) is 17.0 Å². The van der Waals surface area contributed by atoms with Gasteiger partial charge in [0.15, 0.2) is 0 Å². The van der Waals surface area contributed by atoms with Crippen molar-refractivity contribution in [1.29, 1.82) is 0 Å². The first-order valence-corrected chi connectivity index (χ1v) is 7.59. The average molecular weight is 289 g/mol. The van der Waals surface area contributed by atoms with Crippen molar-refractivity contribution < 1.29 is 14.3 Å². The van der Waals surface area contributed by atoms with Crippen LogP contribution in [0, 0.1) is 5.92 Å². The van der Waals surface area contributed by atoms with Crippen LogP contribution in [0.25, 0.3) is 0 Å². The van der Waals surface area contributed by atoms with Crippen molar-refractivity contribution in [2.75, 3.05) is 11.5 Å². The number of carbonyl (C=O) groups excluding carboxylic acids is 2. The molecule has 0 saturated carbocycles. The number of amides is 1. The van der Waals surface area contributed by atoms with Crippen LogP contribution in [0.1, 0.15) is 50.0 Å². The zero-order valence-corrected chi connectivity index (χ0v) is 13.2. The van der Waals surface area contributed by atoms with E-state index >= 15 is 0 Å². The first-order valence-electron chi connectivity index (χ1n) is 7.59. The van der Waals surface area contributed by atoms with Crippen LogP contribution in [0.15, 0.2) is 18.2 Å². The summed E-state index contributed by atoms with van der Waals surface area (Å²) in [5.74, 6) is 0.127. The summed E-state index contributed by atoms with van der Waals surface area (Å²) in [5.41, 5.74) is 2.54. The second-order valence-corrected chi connectivity index (χ2v) is 5.61. The van der Waals surface area contributed by atoms with Gasteiger partial charge in [0.2, 0.25) is 5.91 Å². The molecule has 0 radical (unpaired) electrons. The molecule has 1 aliphatic heterocycles. The van der Waals surface area contributed by atoms with Gasteiger partial charge in [-0.25, -0.2) is 4.79 Å². The van der Waals surface area contributed by atoms with Crippen LogP contribution in [0.3, 0.4) is 0 Å². The predicted octanol–water partition coefficient (Wildman–Crippen LogP) is 3.19. The molecule has 0 saturated heterocycles. The van der Waals surface area contributed by atoms with Gasteiger partial charge in [-0.15, -0.1) is 0 Å². The van der Waals surface area contributed by atoms with Gasteiger partial charge < -0.3 is 9.64 Å². The average Bonchev–Trinajstić information content (AvgIpc) is 2.45. The summed E-state index contributed by atoms with van der Waals surface area (Å²) in [6.45, 7) is 8.02. The maximum absolute atomic E-state index is 12.0. The Morgan fingerprint density at radius 3 is 2.62 bits per heavy atom. The first-order chi connectivity index (χ1) is 9.99. The van der Waals surface area contributed by atoms with Crippen molar-refractivity contribution in [2.24, 2.45) is 5.92 Å². The van der Waals surface area contributed by atoms with E-state index < -0.39 is 0 Å².